The molecule has 0 aliphatic heterocycles. The highest BCUT2D eigenvalue weighted by atomic mass is 32.2. The summed E-state index contributed by atoms with van der Waals surface area (Å²) in [6.07, 6.45) is 3.70. The maximum atomic E-state index is 10.8. The van der Waals surface area contributed by atoms with E-state index in [1.54, 1.807) is 13.0 Å². The maximum Gasteiger partial charge on any atom is 0.304 e. The van der Waals surface area contributed by atoms with Crippen LogP contribution in [0, 0.1) is 10.1 Å². The molecule has 0 aromatic carbocycles. The lowest BCUT2D eigenvalue weighted by Crippen LogP contribution is -2.26. The van der Waals surface area contributed by atoms with Crippen molar-refractivity contribution < 1.29 is 14.8 Å². The van der Waals surface area contributed by atoms with E-state index in [-0.39, 0.29) is 12.1 Å². The van der Waals surface area contributed by atoms with E-state index in [0.29, 0.717) is 17.1 Å². The zero-order chi connectivity index (χ0) is 14.1. The number of nitro groups is 1. The molecular formula is C11H18N2O4S. The molecule has 18 heavy (non-hydrogen) atoms. The highest BCUT2D eigenvalue weighted by Crippen LogP contribution is 2.26. The second kappa shape index (κ2) is 8.71. The van der Waals surface area contributed by atoms with Crippen LogP contribution in [0.5, 0.6) is 0 Å². The van der Waals surface area contributed by atoms with Gasteiger partial charge in [0.1, 0.15) is 0 Å². The fourth-order valence-electron chi connectivity index (χ4n) is 1.24. The zero-order valence-corrected chi connectivity index (χ0v) is 11.3. The molecule has 0 spiro atoms. The summed E-state index contributed by atoms with van der Waals surface area (Å²) in [6.45, 7) is 3.48. The van der Waals surface area contributed by atoms with E-state index in [4.69, 9.17) is 10.8 Å². The molecule has 0 aliphatic rings. The normalized spacial score (nSPS) is 14.4. The molecule has 0 bridgehead atoms. The first-order chi connectivity index (χ1) is 8.42. The Balaban J connectivity index is 4.61. The molecule has 6 nitrogen and oxygen atoms in total. The molecular weight excluding hydrogens is 256 g/mol. The number of aliphatic carboxylic acids is 1. The van der Waals surface area contributed by atoms with E-state index >= 15 is 0 Å². The summed E-state index contributed by atoms with van der Waals surface area (Å²) >= 11 is 1.22. The number of nitrogens with zero attached hydrogens (tertiary/aromatic N) is 1. The summed E-state index contributed by atoms with van der Waals surface area (Å²) in [5.74, 6) is -0.631. The van der Waals surface area contributed by atoms with Gasteiger partial charge in [0, 0.05) is 11.8 Å². The van der Waals surface area contributed by atoms with E-state index in [2.05, 4.69) is 0 Å². The Morgan fingerprint density at radius 1 is 1.61 bits per heavy atom. The number of carboxylic acids is 1. The minimum absolute atomic E-state index is 0.0318. The van der Waals surface area contributed by atoms with Gasteiger partial charge < -0.3 is 10.8 Å². The molecule has 0 heterocycles. The second-order valence-corrected chi connectivity index (χ2v) is 4.64. The van der Waals surface area contributed by atoms with E-state index in [1.807, 2.05) is 6.92 Å². The summed E-state index contributed by atoms with van der Waals surface area (Å²) in [5.41, 5.74) is 5.65. The van der Waals surface area contributed by atoms with Crippen LogP contribution >= 0.6 is 11.8 Å². The van der Waals surface area contributed by atoms with E-state index < -0.39 is 16.9 Å². The summed E-state index contributed by atoms with van der Waals surface area (Å²) < 4.78 is 0. The maximum absolute atomic E-state index is 10.8. The Labute approximate surface area is 110 Å². The lowest BCUT2D eigenvalue weighted by atomic mass is 10.2. The van der Waals surface area contributed by atoms with Gasteiger partial charge in [0.05, 0.1) is 16.2 Å². The second-order valence-electron chi connectivity index (χ2n) is 3.58. The molecule has 0 aromatic heterocycles. The van der Waals surface area contributed by atoms with Crippen molar-refractivity contribution in [3.8, 4) is 0 Å². The number of rotatable bonds is 8. The molecule has 3 N–H and O–H groups in total. The largest absolute Gasteiger partial charge is 0.481 e. The molecule has 1 atom stereocenters. The minimum Gasteiger partial charge on any atom is -0.481 e. The smallest absolute Gasteiger partial charge is 0.304 e. The highest BCUT2D eigenvalue weighted by molar-refractivity contribution is 8.03. The highest BCUT2D eigenvalue weighted by Gasteiger charge is 2.18. The van der Waals surface area contributed by atoms with Crippen molar-refractivity contribution in [3.05, 3.63) is 32.9 Å². The van der Waals surface area contributed by atoms with Crippen LogP contribution in [0.2, 0.25) is 0 Å². The molecule has 0 fully saturated rings. The molecule has 7 heteroatoms. The van der Waals surface area contributed by atoms with E-state index in [9.17, 15) is 14.9 Å². The van der Waals surface area contributed by atoms with Crippen molar-refractivity contribution in [2.45, 2.75) is 32.7 Å². The molecule has 0 saturated heterocycles. The molecule has 0 saturated carbocycles. The lowest BCUT2D eigenvalue weighted by molar-refractivity contribution is -0.419. The van der Waals surface area contributed by atoms with Gasteiger partial charge in [-0.15, -0.1) is 11.8 Å². The SMILES string of the molecule is C/C=C(\C(=C/CC)SCC(N)CC(=O)O)[N+](=O)[O-]. The van der Waals surface area contributed by atoms with Crippen LogP contribution in [0.4, 0.5) is 0 Å². The third-order valence-electron chi connectivity index (χ3n) is 2.00. The number of thioether (sulfide) groups is 1. The van der Waals surface area contributed by atoms with Crippen LogP contribution in [-0.2, 0) is 4.79 Å². The number of hydrogen-bond acceptors (Lipinski definition) is 5. The van der Waals surface area contributed by atoms with E-state index in [0.717, 1.165) is 0 Å². The van der Waals surface area contributed by atoms with Gasteiger partial charge in [0.25, 0.3) is 5.70 Å². The van der Waals surface area contributed by atoms with Gasteiger partial charge in [-0.05, 0) is 19.4 Å². The first kappa shape index (κ1) is 16.7. The van der Waals surface area contributed by atoms with Crippen LogP contribution < -0.4 is 5.73 Å². The Hall–Kier alpha value is -1.34. The number of hydrogen-bond donors (Lipinski definition) is 2. The van der Waals surface area contributed by atoms with Crippen molar-refractivity contribution >= 4 is 17.7 Å². The molecule has 0 radical (unpaired) electrons. The Morgan fingerprint density at radius 3 is 2.61 bits per heavy atom. The quantitative estimate of drug-likeness (QED) is 0.398. The van der Waals surface area contributed by atoms with Gasteiger partial charge >= 0.3 is 5.97 Å². The zero-order valence-electron chi connectivity index (χ0n) is 10.5. The summed E-state index contributed by atoms with van der Waals surface area (Å²) in [4.78, 5) is 21.4. The Morgan fingerprint density at radius 2 is 2.22 bits per heavy atom. The van der Waals surface area contributed by atoms with Crippen molar-refractivity contribution in [1.82, 2.24) is 0 Å². The van der Waals surface area contributed by atoms with Crippen molar-refractivity contribution in [2.24, 2.45) is 5.73 Å². The van der Waals surface area contributed by atoms with Gasteiger partial charge in [-0.3, -0.25) is 14.9 Å². The Kier molecular flexibility index (Phi) is 8.06. The van der Waals surface area contributed by atoms with Gasteiger partial charge in [0.2, 0.25) is 0 Å². The van der Waals surface area contributed by atoms with Gasteiger partial charge in [0.15, 0.2) is 0 Å². The monoisotopic (exact) mass is 274 g/mol. The summed E-state index contributed by atoms with van der Waals surface area (Å²) in [7, 11) is 0. The minimum atomic E-state index is -0.968. The van der Waals surface area contributed by atoms with Crippen LogP contribution in [0.25, 0.3) is 0 Å². The molecule has 1 unspecified atom stereocenters. The van der Waals surface area contributed by atoms with Crippen LogP contribution in [0.15, 0.2) is 22.8 Å². The summed E-state index contributed by atoms with van der Waals surface area (Å²) in [5, 5.41) is 19.4. The van der Waals surface area contributed by atoms with Gasteiger partial charge in [-0.1, -0.05) is 13.0 Å². The van der Waals surface area contributed by atoms with E-state index in [1.165, 1.54) is 17.8 Å². The third-order valence-corrected chi connectivity index (χ3v) is 3.28. The molecule has 0 aromatic rings. The van der Waals surface area contributed by atoms with Crippen molar-refractivity contribution in [3.63, 3.8) is 0 Å². The standard InChI is InChI=1S/C11H18N2O4S/c1-3-5-10(9(4-2)13(16)17)18-7-8(12)6-11(14)15/h4-5,8H,3,6-7,12H2,1-2H3,(H,14,15)/b9-4+,10-5+. The van der Waals surface area contributed by atoms with Crippen LogP contribution in [-0.4, -0.2) is 27.8 Å². The number of carboxylic acid groups (broad SMARTS) is 1. The third kappa shape index (κ3) is 6.41. The fraction of sp³-hybridized carbons (Fsp3) is 0.545. The average Bonchev–Trinajstić information content (AvgIpc) is 2.25. The fourth-order valence-corrected chi connectivity index (χ4v) is 2.38. The average molecular weight is 274 g/mol. The molecule has 102 valence electrons. The first-order valence-electron chi connectivity index (χ1n) is 5.53. The topological polar surface area (TPSA) is 106 Å². The van der Waals surface area contributed by atoms with Crippen LogP contribution in [0.3, 0.4) is 0 Å². The lowest BCUT2D eigenvalue weighted by Gasteiger charge is -2.09. The predicted molar refractivity (Wildman–Crippen MR) is 71.8 cm³/mol. The van der Waals surface area contributed by atoms with Crippen molar-refractivity contribution in [2.75, 3.05) is 5.75 Å². The summed E-state index contributed by atoms with van der Waals surface area (Å²) in [6, 6.07) is -0.516. The van der Waals surface area contributed by atoms with Gasteiger partial charge in [-0.25, -0.2) is 0 Å². The molecule has 0 aliphatic carbocycles. The first-order valence-corrected chi connectivity index (χ1v) is 6.52. The number of carbonyl (C=O) groups is 1. The van der Waals surface area contributed by atoms with Gasteiger partial charge in [-0.2, -0.15) is 0 Å². The predicted octanol–water partition coefficient (Wildman–Crippen LogP) is 2.00. The number of nitrogens with two attached hydrogens (primary N) is 1. The van der Waals surface area contributed by atoms with Crippen LogP contribution in [0.1, 0.15) is 26.7 Å². The Bertz CT molecular complexity index is 366. The number of allylic oxidation sites excluding steroid dienone is 2. The van der Waals surface area contributed by atoms with Crippen molar-refractivity contribution in [1.29, 1.82) is 0 Å². The molecule has 0 amide bonds. The molecule has 0 rings (SSSR count).